The third-order valence-electron chi connectivity index (χ3n) is 2.96. The molecule has 1 N–H and O–H groups in total. The molecule has 0 heterocycles. The number of ether oxygens (including phenoxy) is 1. The minimum atomic E-state index is -0.242. The zero-order chi connectivity index (χ0) is 14.7. The number of methoxy groups -OCH3 is 1. The second-order valence-electron chi connectivity index (χ2n) is 4.38. The van der Waals surface area contributed by atoms with Crippen LogP contribution in [0.2, 0.25) is 0 Å². The molecule has 1 atom stereocenters. The van der Waals surface area contributed by atoms with Gasteiger partial charge in [-0.05, 0) is 37.3 Å². The van der Waals surface area contributed by atoms with Gasteiger partial charge >= 0.3 is 0 Å². The molecular formula is C15H14Br2FNO. The van der Waals surface area contributed by atoms with E-state index in [9.17, 15) is 4.39 Å². The van der Waals surface area contributed by atoms with Crippen LogP contribution < -0.4 is 10.1 Å². The number of anilines is 1. The Morgan fingerprint density at radius 3 is 2.40 bits per heavy atom. The van der Waals surface area contributed by atoms with Crippen molar-refractivity contribution in [2.45, 2.75) is 13.0 Å². The zero-order valence-corrected chi connectivity index (χ0v) is 14.3. The van der Waals surface area contributed by atoms with E-state index < -0.39 is 0 Å². The Bertz CT molecular complexity index is 619. The highest BCUT2D eigenvalue weighted by Gasteiger charge is 2.13. The predicted octanol–water partition coefficient (Wildman–Crippen LogP) is 5.53. The van der Waals surface area contributed by atoms with Crippen LogP contribution in [0.4, 0.5) is 10.1 Å². The lowest BCUT2D eigenvalue weighted by Crippen LogP contribution is -2.09. The number of halogens is 3. The number of nitrogens with one attached hydrogen (secondary N) is 1. The molecule has 2 nitrogen and oxygen atoms in total. The molecule has 0 bridgehead atoms. The van der Waals surface area contributed by atoms with Gasteiger partial charge < -0.3 is 10.1 Å². The summed E-state index contributed by atoms with van der Waals surface area (Å²) in [4.78, 5) is 0. The first kappa shape index (κ1) is 15.3. The summed E-state index contributed by atoms with van der Waals surface area (Å²) >= 11 is 6.68. The first-order chi connectivity index (χ1) is 9.51. The maximum atomic E-state index is 14.0. The van der Waals surface area contributed by atoms with Crippen LogP contribution in [-0.4, -0.2) is 7.11 Å². The van der Waals surface area contributed by atoms with Crippen molar-refractivity contribution in [2.24, 2.45) is 0 Å². The van der Waals surface area contributed by atoms with Crippen molar-refractivity contribution in [1.29, 1.82) is 0 Å². The fourth-order valence-electron chi connectivity index (χ4n) is 1.96. The van der Waals surface area contributed by atoms with Crippen molar-refractivity contribution in [3.63, 3.8) is 0 Å². The summed E-state index contributed by atoms with van der Waals surface area (Å²) in [6, 6.07) is 10.5. The summed E-state index contributed by atoms with van der Waals surface area (Å²) in [6.45, 7) is 1.91. The van der Waals surface area contributed by atoms with E-state index in [0.29, 0.717) is 5.56 Å². The van der Waals surface area contributed by atoms with Gasteiger partial charge in [-0.3, -0.25) is 0 Å². The van der Waals surface area contributed by atoms with Gasteiger partial charge in [-0.25, -0.2) is 4.39 Å². The molecule has 0 amide bonds. The van der Waals surface area contributed by atoms with Gasteiger partial charge in [0.25, 0.3) is 0 Å². The van der Waals surface area contributed by atoms with Gasteiger partial charge in [-0.2, -0.15) is 0 Å². The van der Waals surface area contributed by atoms with Gasteiger partial charge in [0.2, 0.25) is 0 Å². The third-order valence-corrected chi connectivity index (χ3v) is 3.95. The summed E-state index contributed by atoms with van der Waals surface area (Å²) in [7, 11) is 1.61. The Hall–Kier alpha value is -1.07. The smallest absolute Gasteiger partial charge is 0.142 e. The number of hydrogen-bond acceptors (Lipinski definition) is 2. The predicted molar refractivity (Wildman–Crippen MR) is 86.8 cm³/mol. The van der Waals surface area contributed by atoms with Crippen LogP contribution in [0, 0.1) is 5.82 Å². The molecule has 0 saturated heterocycles. The monoisotopic (exact) mass is 401 g/mol. The number of benzene rings is 2. The molecule has 2 rings (SSSR count). The lowest BCUT2D eigenvalue weighted by atomic mass is 10.1. The first-order valence-corrected chi connectivity index (χ1v) is 7.65. The normalized spacial score (nSPS) is 12.1. The van der Waals surface area contributed by atoms with Crippen molar-refractivity contribution in [3.8, 4) is 5.75 Å². The van der Waals surface area contributed by atoms with Gasteiger partial charge in [-0.1, -0.05) is 37.9 Å². The van der Waals surface area contributed by atoms with Gasteiger partial charge in [0.1, 0.15) is 11.6 Å². The molecule has 106 valence electrons. The Morgan fingerprint density at radius 2 is 1.75 bits per heavy atom. The van der Waals surface area contributed by atoms with Crippen LogP contribution in [-0.2, 0) is 0 Å². The van der Waals surface area contributed by atoms with Gasteiger partial charge in [-0.15, -0.1) is 0 Å². The largest absolute Gasteiger partial charge is 0.495 e. The minimum absolute atomic E-state index is 0.175. The lowest BCUT2D eigenvalue weighted by molar-refractivity contribution is 0.416. The van der Waals surface area contributed by atoms with E-state index in [0.717, 1.165) is 20.4 Å². The second kappa shape index (κ2) is 6.59. The first-order valence-electron chi connectivity index (χ1n) is 6.06. The van der Waals surface area contributed by atoms with Crippen LogP contribution in [0.5, 0.6) is 5.75 Å². The number of hydrogen-bond donors (Lipinski definition) is 1. The minimum Gasteiger partial charge on any atom is -0.495 e. The molecule has 2 aromatic carbocycles. The van der Waals surface area contributed by atoms with E-state index in [1.807, 2.05) is 31.2 Å². The third kappa shape index (κ3) is 3.52. The molecule has 2 aromatic rings. The number of rotatable bonds is 4. The maximum Gasteiger partial charge on any atom is 0.142 e. The topological polar surface area (TPSA) is 21.3 Å². The molecule has 20 heavy (non-hydrogen) atoms. The molecule has 0 aliphatic carbocycles. The Kier molecular flexibility index (Phi) is 5.05. The average molecular weight is 403 g/mol. The zero-order valence-electron chi connectivity index (χ0n) is 11.1. The second-order valence-corrected chi connectivity index (χ2v) is 6.21. The summed E-state index contributed by atoms with van der Waals surface area (Å²) in [5.74, 6) is 0.478. The molecule has 0 aromatic heterocycles. The summed E-state index contributed by atoms with van der Waals surface area (Å²) in [6.07, 6.45) is 0. The molecule has 0 saturated carbocycles. The highest BCUT2D eigenvalue weighted by atomic mass is 79.9. The van der Waals surface area contributed by atoms with Gasteiger partial charge in [0.05, 0.1) is 18.8 Å². The molecule has 0 aliphatic heterocycles. The summed E-state index contributed by atoms with van der Waals surface area (Å²) in [5.41, 5.74) is 1.42. The molecule has 1 unspecified atom stereocenters. The van der Waals surface area contributed by atoms with Crippen molar-refractivity contribution < 1.29 is 9.13 Å². The summed E-state index contributed by atoms with van der Waals surface area (Å²) in [5, 5.41) is 3.27. The van der Waals surface area contributed by atoms with Crippen LogP contribution >= 0.6 is 31.9 Å². The van der Waals surface area contributed by atoms with Gasteiger partial charge in [0.15, 0.2) is 0 Å². The van der Waals surface area contributed by atoms with Gasteiger partial charge in [0, 0.05) is 14.5 Å². The van der Waals surface area contributed by atoms with E-state index in [-0.39, 0.29) is 11.9 Å². The van der Waals surface area contributed by atoms with E-state index in [1.54, 1.807) is 13.2 Å². The van der Waals surface area contributed by atoms with E-state index in [4.69, 9.17) is 4.74 Å². The van der Waals surface area contributed by atoms with E-state index in [2.05, 4.69) is 37.2 Å². The molecule has 0 fully saturated rings. The van der Waals surface area contributed by atoms with E-state index in [1.165, 1.54) is 6.07 Å². The highest BCUT2D eigenvalue weighted by molar-refractivity contribution is 9.10. The Labute approximate surface area is 134 Å². The molecule has 0 radical (unpaired) electrons. The maximum absolute atomic E-state index is 14.0. The average Bonchev–Trinajstić information content (AvgIpc) is 2.38. The van der Waals surface area contributed by atoms with Crippen LogP contribution in [0.3, 0.4) is 0 Å². The van der Waals surface area contributed by atoms with Crippen molar-refractivity contribution >= 4 is 37.5 Å². The summed E-state index contributed by atoms with van der Waals surface area (Å²) < 4.78 is 20.9. The van der Waals surface area contributed by atoms with Crippen molar-refractivity contribution in [3.05, 3.63) is 56.7 Å². The van der Waals surface area contributed by atoms with E-state index >= 15 is 0 Å². The molecule has 0 spiro atoms. The quantitative estimate of drug-likeness (QED) is 0.725. The molecule has 5 heteroatoms. The highest BCUT2D eigenvalue weighted by Crippen LogP contribution is 2.32. The molecule has 0 aliphatic rings. The standard InChI is InChI=1S/C15H14Br2FNO/c1-9(12-5-3-10(16)7-13(12)18)19-14-8-11(17)4-6-15(14)20-2/h3-9,19H,1-2H3. The fourth-order valence-corrected chi connectivity index (χ4v) is 2.65. The van der Waals surface area contributed by atoms with Crippen molar-refractivity contribution in [2.75, 3.05) is 12.4 Å². The Balaban J connectivity index is 2.27. The van der Waals surface area contributed by atoms with Crippen LogP contribution in [0.1, 0.15) is 18.5 Å². The Morgan fingerprint density at radius 1 is 1.10 bits per heavy atom. The van der Waals surface area contributed by atoms with Crippen LogP contribution in [0.25, 0.3) is 0 Å². The fraction of sp³-hybridized carbons (Fsp3) is 0.200. The molecular weight excluding hydrogens is 389 g/mol. The SMILES string of the molecule is COc1ccc(Br)cc1NC(C)c1ccc(Br)cc1F. The lowest BCUT2D eigenvalue weighted by Gasteiger charge is -2.19. The van der Waals surface area contributed by atoms with Crippen molar-refractivity contribution in [1.82, 2.24) is 0 Å². The van der Waals surface area contributed by atoms with Crippen LogP contribution in [0.15, 0.2) is 45.3 Å².